The van der Waals surface area contributed by atoms with Crippen molar-refractivity contribution in [2.45, 2.75) is 46.7 Å². The summed E-state index contributed by atoms with van der Waals surface area (Å²) in [6.07, 6.45) is 2.13. The summed E-state index contributed by atoms with van der Waals surface area (Å²) < 4.78 is 1.71. The first-order valence-corrected chi connectivity index (χ1v) is 7.69. The predicted molar refractivity (Wildman–Crippen MR) is 85.0 cm³/mol. The third kappa shape index (κ3) is 4.24. The van der Waals surface area contributed by atoms with Crippen LogP contribution in [-0.4, -0.2) is 30.6 Å². The standard InChI is InChI=1S/C15H22N6O2/c1-5-21-13(16-8-17-21)10(4)18-14(22)12-7-11(6-9(2)3)19-15(23)20-12/h7-10H,5-6H2,1-4H3,(H,18,22)(H,19,20,23). The lowest BCUT2D eigenvalue weighted by molar-refractivity contribution is 0.0931. The molecule has 2 aromatic heterocycles. The fraction of sp³-hybridized carbons (Fsp3) is 0.533. The topological polar surface area (TPSA) is 106 Å². The molecule has 0 radical (unpaired) electrons. The highest BCUT2D eigenvalue weighted by Crippen LogP contribution is 2.10. The van der Waals surface area contributed by atoms with Gasteiger partial charge in [0.2, 0.25) is 0 Å². The number of carbonyl (C=O) groups excluding carboxylic acids is 1. The maximum absolute atomic E-state index is 12.4. The van der Waals surface area contributed by atoms with Gasteiger partial charge in [0, 0.05) is 12.2 Å². The number of H-pyrrole nitrogens is 1. The fourth-order valence-electron chi connectivity index (χ4n) is 2.36. The van der Waals surface area contributed by atoms with Crippen LogP contribution in [0.3, 0.4) is 0 Å². The van der Waals surface area contributed by atoms with E-state index in [0.717, 1.165) is 0 Å². The zero-order chi connectivity index (χ0) is 17.0. The van der Waals surface area contributed by atoms with Crippen LogP contribution < -0.4 is 11.0 Å². The van der Waals surface area contributed by atoms with Gasteiger partial charge in [-0.3, -0.25) is 4.79 Å². The van der Waals surface area contributed by atoms with Crippen LogP contribution >= 0.6 is 0 Å². The SMILES string of the molecule is CCn1ncnc1C(C)NC(=O)c1cc(CC(C)C)[nH]c(=O)n1. The van der Waals surface area contributed by atoms with Crippen LogP contribution in [-0.2, 0) is 13.0 Å². The van der Waals surface area contributed by atoms with Crippen molar-refractivity contribution in [3.63, 3.8) is 0 Å². The molecule has 2 N–H and O–H groups in total. The first-order valence-electron chi connectivity index (χ1n) is 7.69. The Morgan fingerprint density at radius 3 is 2.78 bits per heavy atom. The molecule has 0 saturated heterocycles. The van der Waals surface area contributed by atoms with Gasteiger partial charge in [0.25, 0.3) is 5.91 Å². The molecular weight excluding hydrogens is 296 g/mol. The fourth-order valence-corrected chi connectivity index (χ4v) is 2.36. The van der Waals surface area contributed by atoms with Gasteiger partial charge in [-0.15, -0.1) is 0 Å². The highest BCUT2D eigenvalue weighted by molar-refractivity contribution is 5.92. The summed E-state index contributed by atoms with van der Waals surface area (Å²) in [7, 11) is 0. The summed E-state index contributed by atoms with van der Waals surface area (Å²) in [4.78, 5) is 34.6. The first-order chi connectivity index (χ1) is 10.9. The van der Waals surface area contributed by atoms with E-state index in [9.17, 15) is 9.59 Å². The van der Waals surface area contributed by atoms with Gasteiger partial charge < -0.3 is 10.3 Å². The van der Waals surface area contributed by atoms with Crippen molar-refractivity contribution < 1.29 is 4.79 Å². The lowest BCUT2D eigenvalue weighted by Gasteiger charge is -2.14. The zero-order valence-corrected chi connectivity index (χ0v) is 13.8. The summed E-state index contributed by atoms with van der Waals surface area (Å²) in [5, 5.41) is 6.88. The normalized spacial score (nSPS) is 12.4. The Kier molecular flexibility index (Phi) is 5.25. The molecule has 23 heavy (non-hydrogen) atoms. The molecule has 0 aromatic carbocycles. The second kappa shape index (κ2) is 7.17. The summed E-state index contributed by atoms with van der Waals surface area (Å²) in [6.45, 7) is 8.51. The third-order valence-corrected chi connectivity index (χ3v) is 3.34. The van der Waals surface area contributed by atoms with E-state index in [2.05, 4.69) is 25.4 Å². The number of aryl methyl sites for hydroxylation is 1. The molecule has 124 valence electrons. The van der Waals surface area contributed by atoms with Crippen molar-refractivity contribution >= 4 is 5.91 Å². The van der Waals surface area contributed by atoms with Crippen LogP contribution in [0.4, 0.5) is 0 Å². The molecule has 1 amide bonds. The number of nitrogens with one attached hydrogen (secondary N) is 2. The summed E-state index contributed by atoms with van der Waals surface area (Å²) in [5.74, 6) is 0.623. The van der Waals surface area contributed by atoms with Crippen molar-refractivity contribution in [3.05, 3.63) is 40.1 Å². The highest BCUT2D eigenvalue weighted by Gasteiger charge is 2.18. The number of hydrogen-bond donors (Lipinski definition) is 2. The molecule has 0 aliphatic heterocycles. The predicted octanol–water partition coefficient (Wildman–Crippen LogP) is 1.07. The maximum atomic E-state index is 12.4. The summed E-state index contributed by atoms with van der Waals surface area (Å²) in [5.41, 5.74) is 0.297. The molecule has 0 aliphatic rings. The molecule has 2 heterocycles. The van der Waals surface area contributed by atoms with Gasteiger partial charge in [0.05, 0.1) is 6.04 Å². The van der Waals surface area contributed by atoms with E-state index in [1.54, 1.807) is 10.7 Å². The molecule has 1 unspecified atom stereocenters. The molecule has 0 fully saturated rings. The molecule has 2 aromatic rings. The average Bonchev–Trinajstić information content (AvgIpc) is 2.94. The number of amides is 1. The second-order valence-corrected chi connectivity index (χ2v) is 5.82. The monoisotopic (exact) mass is 318 g/mol. The number of nitrogens with zero attached hydrogens (tertiary/aromatic N) is 4. The first kappa shape index (κ1) is 16.9. The lowest BCUT2D eigenvalue weighted by Crippen LogP contribution is -2.31. The van der Waals surface area contributed by atoms with Crippen molar-refractivity contribution in [3.8, 4) is 0 Å². The van der Waals surface area contributed by atoms with E-state index >= 15 is 0 Å². The Labute approximate surface area is 134 Å². The molecule has 1 atom stereocenters. The van der Waals surface area contributed by atoms with Crippen molar-refractivity contribution in [1.82, 2.24) is 30.0 Å². The van der Waals surface area contributed by atoms with E-state index in [0.29, 0.717) is 30.4 Å². The summed E-state index contributed by atoms with van der Waals surface area (Å²) in [6, 6.07) is 1.29. The maximum Gasteiger partial charge on any atom is 0.345 e. The Morgan fingerprint density at radius 2 is 2.13 bits per heavy atom. The number of aromatic amines is 1. The van der Waals surface area contributed by atoms with E-state index in [1.807, 2.05) is 27.7 Å². The molecule has 8 nitrogen and oxygen atoms in total. The second-order valence-electron chi connectivity index (χ2n) is 5.82. The molecule has 0 spiro atoms. The van der Waals surface area contributed by atoms with E-state index < -0.39 is 11.6 Å². The van der Waals surface area contributed by atoms with Gasteiger partial charge in [-0.1, -0.05) is 13.8 Å². The minimum atomic E-state index is -0.516. The van der Waals surface area contributed by atoms with Crippen LogP contribution in [0.5, 0.6) is 0 Å². The van der Waals surface area contributed by atoms with Crippen LogP contribution in [0.2, 0.25) is 0 Å². The average molecular weight is 318 g/mol. The smallest absolute Gasteiger partial charge is 0.341 e. The quantitative estimate of drug-likeness (QED) is 0.829. The Hall–Kier alpha value is -2.51. The van der Waals surface area contributed by atoms with Crippen LogP contribution in [0.25, 0.3) is 0 Å². The minimum Gasteiger partial charge on any atom is -0.341 e. The van der Waals surface area contributed by atoms with Gasteiger partial charge in [0.1, 0.15) is 17.8 Å². The molecule has 0 aliphatic carbocycles. The van der Waals surface area contributed by atoms with Gasteiger partial charge >= 0.3 is 5.69 Å². The molecule has 0 bridgehead atoms. The van der Waals surface area contributed by atoms with Crippen molar-refractivity contribution in [2.75, 3.05) is 0 Å². The van der Waals surface area contributed by atoms with Gasteiger partial charge in [-0.2, -0.15) is 10.1 Å². The molecule has 0 saturated carbocycles. The van der Waals surface area contributed by atoms with Crippen LogP contribution in [0.15, 0.2) is 17.2 Å². The van der Waals surface area contributed by atoms with E-state index in [4.69, 9.17) is 0 Å². The summed E-state index contributed by atoms with van der Waals surface area (Å²) >= 11 is 0. The van der Waals surface area contributed by atoms with Gasteiger partial charge in [-0.25, -0.2) is 14.5 Å². The largest absolute Gasteiger partial charge is 0.345 e. The van der Waals surface area contributed by atoms with Crippen LogP contribution in [0, 0.1) is 5.92 Å². The minimum absolute atomic E-state index is 0.110. The lowest BCUT2D eigenvalue weighted by atomic mass is 10.1. The zero-order valence-electron chi connectivity index (χ0n) is 13.8. The molecular formula is C15H22N6O2. The van der Waals surface area contributed by atoms with Crippen molar-refractivity contribution in [2.24, 2.45) is 5.92 Å². The van der Waals surface area contributed by atoms with Gasteiger partial charge in [-0.05, 0) is 32.3 Å². The van der Waals surface area contributed by atoms with E-state index in [-0.39, 0.29) is 11.7 Å². The van der Waals surface area contributed by atoms with Gasteiger partial charge in [0.15, 0.2) is 0 Å². The number of carbonyl (C=O) groups is 1. The number of hydrogen-bond acceptors (Lipinski definition) is 5. The number of aromatic nitrogens is 5. The van der Waals surface area contributed by atoms with Crippen LogP contribution in [0.1, 0.15) is 55.7 Å². The third-order valence-electron chi connectivity index (χ3n) is 3.34. The highest BCUT2D eigenvalue weighted by atomic mass is 16.2. The Morgan fingerprint density at radius 1 is 1.39 bits per heavy atom. The molecule has 2 rings (SSSR count). The Balaban J connectivity index is 2.17. The molecule has 8 heteroatoms. The van der Waals surface area contributed by atoms with Crippen molar-refractivity contribution in [1.29, 1.82) is 0 Å². The van der Waals surface area contributed by atoms with E-state index in [1.165, 1.54) is 6.33 Å². The Bertz CT molecular complexity index is 734. The number of rotatable bonds is 6.